The van der Waals surface area contributed by atoms with Crippen LogP contribution >= 0.6 is 0 Å². The number of halogens is 2. The molecular formula is C20H21F2N7O2. The molecule has 9 nitrogen and oxygen atoms in total. The molecule has 1 aliphatic carbocycles. The number of hydrogen-bond acceptors (Lipinski definition) is 8. The Morgan fingerprint density at radius 1 is 1.16 bits per heavy atom. The number of rotatable bonds is 7. The van der Waals surface area contributed by atoms with Crippen molar-refractivity contribution in [3.05, 3.63) is 36.5 Å². The first-order chi connectivity index (χ1) is 15.0. The lowest BCUT2D eigenvalue weighted by atomic mass is 10.1. The van der Waals surface area contributed by atoms with Crippen LogP contribution in [0.3, 0.4) is 0 Å². The first-order valence-electron chi connectivity index (χ1n) is 10.0. The topological polar surface area (TPSA) is 113 Å². The van der Waals surface area contributed by atoms with Crippen molar-refractivity contribution in [2.24, 2.45) is 0 Å². The Balaban J connectivity index is 1.43. The largest absolute Gasteiger partial charge is 0.490 e. The van der Waals surface area contributed by atoms with Crippen molar-refractivity contribution in [3.8, 4) is 16.9 Å². The van der Waals surface area contributed by atoms with Crippen LogP contribution in [0.5, 0.6) is 5.75 Å². The maximum atomic E-state index is 13.0. The molecule has 0 spiro atoms. The van der Waals surface area contributed by atoms with Gasteiger partial charge in [0, 0.05) is 42.3 Å². The van der Waals surface area contributed by atoms with Crippen LogP contribution < -0.4 is 15.8 Å². The quantitative estimate of drug-likeness (QED) is 0.587. The molecule has 3 N–H and O–H groups in total. The van der Waals surface area contributed by atoms with Gasteiger partial charge in [-0.2, -0.15) is 5.10 Å². The van der Waals surface area contributed by atoms with Gasteiger partial charge in [-0.3, -0.25) is 4.68 Å². The molecule has 162 valence electrons. The predicted molar refractivity (Wildman–Crippen MR) is 108 cm³/mol. The van der Waals surface area contributed by atoms with Gasteiger partial charge >= 0.3 is 0 Å². The van der Waals surface area contributed by atoms with Gasteiger partial charge in [0.15, 0.2) is 5.82 Å². The lowest BCUT2D eigenvalue weighted by Crippen LogP contribution is -2.08. The lowest BCUT2D eigenvalue weighted by Gasteiger charge is -2.13. The highest BCUT2D eigenvalue weighted by Crippen LogP contribution is 2.37. The standard InChI is InChI=1S/C20H21F2N7O2/c21-19(22)20-26-16(23)6-18(28-20)27-17-5-15(31-13-1-2-13)14(8-24-17)11-7-25-29(9-11)12-3-4-30-10-12/h5-9,12-13,19H,1-4,10H2,(H3,23,24,26,27,28)/t12-/m1/s1. The summed E-state index contributed by atoms with van der Waals surface area (Å²) in [5.41, 5.74) is 7.31. The van der Waals surface area contributed by atoms with E-state index in [1.807, 2.05) is 10.9 Å². The first kappa shape index (κ1) is 19.6. The van der Waals surface area contributed by atoms with Crippen LogP contribution in [0.4, 0.5) is 26.2 Å². The van der Waals surface area contributed by atoms with E-state index in [9.17, 15) is 8.78 Å². The molecule has 0 unspecified atom stereocenters. The first-order valence-corrected chi connectivity index (χ1v) is 10.0. The minimum absolute atomic E-state index is 0.0535. The Kier molecular flexibility index (Phi) is 5.10. The van der Waals surface area contributed by atoms with Gasteiger partial charge in [0.25, 0.3) is 6.43 Å². The summed E-state index contributed by atoms with van der Waals surface area (Å²) in [7, 11) is 0. The number of hydrogen-bond donors (Lipinski definition) is 2. The number of nitrogens with zero attached hydrogens (tertiary/aromatic N) is 5. The summed E-state index contributed by atoms with van der Waals surface area (Å²) in [6.07, 6.45) is 5.65. The maximum Gasteiger partial charge on any atom is 0.297 e. The number of aromatic nitrogens is 5. The van der Waals surface area contributed by atoms with Gasteiger partial charge in [0.2, 0.25) is 0 Å². The summed E-state index contributed by atoms with van der Waals surface area (Å²) in [4.78, 5) is 11.8. The van der Waals surface area contributed by atoms with Gasteiger partial charge < -0.3 is 20.5 Å². The summed E-state index contributed by atoms with van der Waals surface area (Å²) in [5.74, 6) is 0.473. The molecule has 3 aromatic rings. The number of pyridine rings is 1. The van der Waals surface area contributed by atoms with Crippen molar-refractivity contribution in [1.82, 2.24) is 24.7 Å². The molecule has 1 aliphatic heterocycles. The summed E-state index contributed by atoms with van der Waals surface area (Å²) < 4.78 is 39.4. The zero-order valence-corrected chi connectivity index (χ0v) is 16.5. The molecule has 1 saturated carbocycles. The fourth-order valence-corrected chi connectivity index (χ4v) is 3.37. The fraction of sp³-hybridized carbons (Fsp3) is 0.400. The average Bonchev–Trinajstić information content (AvgIpc) is 3.18. The Morgan fingerprint density at radius 2 is 2.03 bits per heavy atom. The number of nitrogen functional groups attached to an aromatic ring is 1. The van der Waals surface area contributed by atoms with E-state index in [4.69, 9.17) is 15.2 Å². The van der Waals surface area contributed by atoms with Gasteiger partial charge in [-0.1, -0.05) is 0 Å². The molecule has 11 heteroatoms. The molecule has 0 radical (unpaired) electrons. The molecule has 2 fully saturated rings. The molecule has 0 amide bonds. The van der Waals surface area contributed by atoms with Crippen molar-refractivity contribution in [2.45, 2.75) is 37.8 Å². The molecule has 2 aliphatic rings. The van der Waals surface area contributed by atoms with Gasteiger partial charge in [0.05, 0.1) is 24.9 Å². The van der Waals surface area contributed by atoms with E-state index in [2.05, 4.69) is 25.4 Å². The second-order valence-electron chi connectivity index (χ2n) is 7.57. The van der Waals surface area contributed by atoms with Crippen molar-refractivity contribution >= 4 is 17.5 Å². The highest BCUT2D eigenvalue weighted by Gasteiger charge is 2.26. The molecule has 5 rings (SSSR count). The molecule has 0 aromatic carbocycles. The van der Waals surface area contributed by atoms with Crippen LogP contribution in [0.2, 0.25) is 0 Å². The van der Waals surface area contributed by atoms with Crippen LogP contribution in [0.1, 0.15) is 37.6 Å². The van der Waals surface area contributed by atoms with E-state index < -0.39 is 12.2 Å². The SMILES string of the molecule is Nc1cc(Nc2cc(OC3CC3)c(-c3cnn([C@@H]4CCOC4)c3)cn2)nc(C(F)F)n1. The average molecular weight is 429 g/mol. The van der Waals surface area contributed by atoms with Crippen LogP contribution in [0.25, 0.3) is 11.1 Å². The molecule has 4 heterocycles. The molecule has 3 aromatic heterocycles. The zero-order chi connectivity index (χ0) is 21.4. The van der Waals surface area contributed by atoms with Crippen molar-refractivity contribution < 1.29 is 18.3 Å². The molecule has 1 atom stereocenters. The number of anilines is 3. The van der Waals surface area contributed by atoms with Gasteiger partial charge in [0.1, 0.15) is 23.2 Å². The van der Waals surface area contributed by atoms with Gasteiger partial charge in [-0.05, 0) is 19.3 Å². The second kappa shape index (κ2) is 8.06. The molecule has 31 heavy (non-hydrogen) atoms. The Hall–Kier alpha value is -3.34. The lowest BCUT2D eigenvalue weighted by molar-refractivity contribution is 0.140. The number of nitrogens with one attached hydrogen (secondary N) is 1. The Morgan fingerprint density at radius 3 is 2.77 bits per heavy atom. The second-order valence-corrected chi connectivity index (χ2v) is 7.57. The van der Waals surface area contributed by atoms with E-state index in [1.54, 1.807) is 18.5 Å². The zero-order valence-electron chi connectivity index (χ0n) is 16.5. The van der Waals surface area contributed by atoms with Crippen LogP contribution in [-0.4, -0.2) is 44.1 Å². The third-order valence-corrected chi connectivity index (χ3v) is 5.09. The summed E-state index contributed by atoms with van der Waals surface area (Å²) >= 11 is 0. The summed E-state index contributed by atoms with van der Waals surface area (Å²) in [6, 6.07) is 3.32. The number of nitrogens with two attached hydrogens (primary N) is 1. The maximum absolute atomic E-state index is 13.0. The monoisotopic (exact) mass is 429 g/mol. The van der Waals surface area contributed by atoms with Crippen molar-refractivity contribution in [1.29, 1.82) is 0 Å². The molecule has 1 saturated heterocycles. The van der Waals surface area contributed by atoms with E-state index in [1.165, 1.54) is 6.07 Å². The van der Waals surface area contributed by atoms with E-state index >= 15 is 0 Å². The van der Waals surface area contributed by atoms with Crippen LogP contribution in [0, 0.1) is 0 Å². The van der Waals surface area contributed by atoms with E-state index in [0.717, 1.165) is 37.0 Å². The highest BCUT2D eigenvalue weighted by molar-refractivity contribution is 5.71. The molecular weight excluding hydrogens is 408 g/mol. The van der Waals surface area contributed by atoms with Crippen LogP contribution in [0.15, 0.2) is 30.7 Å². The van der Waals surface area contributed by atoms with Crippen molar-refractivity contribution in [3.63, 3.8) is 0 Å². The minimum Gasteiger partial charge on any atom is -0.490 e. The number of alkyl halides is 2. The van der Waals surface area contributed by atoms with Gasteiger partial charge in [-0.25, -0.2) is 23.7 Å². The van der Waals surface area contributed by atoms with Gasteiger partial charge in [-0.15, -0.1) is 0 Å². The highest BCUT2D eigenvalue weighted by atomic mass is 19.3. The number of ether oxygens (including phenoxy) is 2. The molecule has 0 bridgehead atoms. The summed E-state index contributed by atoms with van der Waals surface area (Å²) in [5, 5.41) is 7.38. The minimum atomic E-state index is -2.82. The smallest absolute Gasteiger partial charge is 0.297 e. The van der Waals surface area contributed by atoms with Crippen LogP contribution in [-0.2, 0) is 4.74 Å². The van der Waals surface area contributed by atoms with E-state index in [0.29, 0.717) is 18.2 Å². The Labute approximate surface area is 176 Å². The van der Waals surface area contributed by atoms with E-state index in [-0.39, 0.29) is 23.8 Å². The third kappa shape index (κ3) is 4.41. The predicted octanol–water partition coefficient (Wildman–Crippen LogP) is 3.50. The third-order valence-electron chi connectivity index (χ3n) is 5.09. The fourth-order valence-electron chi connectivity index (χ4n) is 3.37. The Bertz CT molecular complexity index is 1080. The summed E-state index contributed by atoms with van der Waals surface area (Å²) in [6.45, 7) is 1.38. The normalized spacial score (nSPS) is 18.5. The van der Waals surface area contributed by atoms with Crippen molar-refractivity contribution in [2.75, 3.05) is 24.3 Å².